The van der Waals surface area contributed by atoms with Crippen LogP contribution in [-0.4, -0.2) is 11.2 Å². The molecule has 1 aromatic carbocycles. The van der Waals surface area contributed by atoms with Crippen LogP contribution in [0.15, 0.2) is 35.4 Å². The van der Waals surface area contributed by atoms with Crippen molar-refractivity contribution < 1.29 is 4.39 Å². The highest BCUT2D eigenvalue weighted by Crippen LogP contribution is 2.16. The van der Waals surface area contributed by atoms with Gasteiger partial charge in [0, 0.05) is 6.08 Å². The van der Waals surface area contributed by atoms with Gasteiger partial charge in [-0.1, -0.05) is 25.1 Å². The van der Waals surface area contributed by atoms with E-state index in [4.69, 9.17) is 0 Å². The third-order valence-electron chi connectivity index (χ3n) is 2.18. The van der Waals surface area contributed by atoms with Crippen LogP contribution in [-0.2, 0) is 6.42 Å². The highest BCUT2D eigenvalue weighted by atomic mass is 19.1. The van der Waals surface area contributed by atoms with Crippen molar-refractivity contribution in [3.05, 3.63) is 42.1 Å². The molecule has 1 radical (unpaired) electrons. The van der Waals surface area contributed by atoms with E-state index in [9.17, 15) is 4.39 Å². The number of aryl methyl sites for hydroxylation is 1. The molecule has 0 bridgehead atoms. The zero-order chi connectivity index (χ0) is 11.4. The minimum atomic E-state index is -0.597. The van der Waals surface area contributed by atoms with Crippen molar-refractivity contribution in [1.82, 2.24) is 10.7 Å². The molecule has 83 valence electrons. The molecule has 1 heterocycles. The van der Waals surface area contributed by atoms with Gasteiger partial charge in [0.2, 0.25) is 5.97 Å². The van der Waals surface area contributed by atoms with Gasteiger partial charge in [-0.05, 0) is 18.1 Å². The summed E-state index contributed by atoms with van der Waals surface area (Å²) < 4.78 is 12.8. The molecule has 0 atom stereocenters. The maximum Gasteiger partial charge on any atom is 0.237 e. The standard InChI is InChI=1S/C11H12FN4/c1-2-9-5-3-4-6-10(9)14-16-13-8-7-11(12)15-16/h3-7,13-14H,2H2,1H3. The fourth-order valence-electron chi connectivity index (χ4n) is 1.41. The molecule has 1 aliphatic rings. The first-order valence-electron chi connectivity index (χ1n) is 5.03. The van der Waals surface area contributed by atoms with E-state index in [0.717, 1.165) is 23.7 Å². The van der Waals surface area contributed by atoms with Gasteiger partial charge in [0.25, 0.3) is 0 Å². The van der Waals surface area contributed by atoms with E-state index < -0.39 is 5.97 Å². The lowest BCUT2D eigenvalue weighted by Gasteiger charge is -2.22. The van der Waals surface area contributed by atoms with E-state index in [2.05, 4.69) is 29.1 Å². The average molecular weight is 219 g/mol. The number of para-hydroxylation sites is 1. The normalized spacial score (nSPS) is 14.4. The molecule has 0 spiro atoms. The molecule has 1 aliphatic heterocycles. The van der Waals surface area contributed by atoms with E-state index in [1.807, 2.05) is 24.3 Å². The molecular weight excluding hydrogens is 207 g/mol. The van der Waals surface area contributed by atoms with Crippen LogP contribution in [0.1, 0.15) is 12.5 Å². The fourth-order valence-corrected chi connectivity index (χ4v) is 1.41. The summed E-state index contributed by atoms with van der Waals surface area (Å²) in [5, 5.41) is 4.78. The van der Waals surface area contributed by atoms with Gasteiger partial charge in [0.1, 0.15) is 0 Å². The lowest BCUT2D eigenvalue weighted by molar-refractivity contribution is 0.271. The van der Waals surface area contributed by atoms with E-state index in [1.54, 1.807) is 0 Å². The fraction of sp³-hybridized carbons (Fsp3) is 0.182. The third kappa shape index (κ3) is 2.31. The van der Waals surface area contributed by atoms with Crippen LogP contribution in [0.4, 0.5) is 10.1 Å². The second-order valence-electron chi connectivity index (χ2n) is 3.26. The van der Waals surface area contributed by atoms with Gasteiger partial charge in [-0.2, -0.15) is 4.39 Å². The molecule has 1 aromatic rings. The van der Waals surface area contributed by atoms with Crippen LogP contribution in [0, 0.1) is 6.20 Å². The van der Waals surface area contributed by atoms with Crippen LogP contribution in [0.3, 0.4) is 0 Å². The van der Waals surface area contributed by atoms with Gasteiger partial charge >= 0.3 is 0 Å². The Balaban J connectivity index is 2.12. The van der Waals surface area contributed by atoms with E-state index in [-0.39, 0.29) is 0 Å². The molecule has 0 fully saturated rings. The molecule has 0 aromatic heterocycles. The number of hydrogen-bond donors (Lipinski definition) is 2. The molecule has 0 unspecified atom stereocenters. The Kier molecular flexibility index (Phi) is 3.05. The number of anilines is 1. The SMILES string of the molecule is CCc1ccccc1NN1N=C(F)C=[C]N1. The minimum Gasteiger partial charge on any atom is -0.263 e. The van der Waals surface area contributed by atoms with E-state index in [0.29, 0.717) is 0 Å². The molecule has 0 aliphatic carbocycles. The van der Waals surface area contributed by atoms with Crippen molar-refractivity contribution in [3.8, 4) is 0 Å². The van der Waals surface area contributed by atoms with Gasteiger partial charge in [-0.3, -0.25) is 10.9 Å². The molecule has 5 heteroatoms. The van der Waals surface area contributed by atoms with Gasteiger partial charge in [-0.15, -0.1) is 10.3 Å². The summed E-state index contributed by atoms with van der Waals surface area (Å²) in [6.07, 6.45) is 4.55. The lowest BCUT2D eigenvalue weighted by Crippen LogP contribution is -2.37. The Bertz CT molecular complexity index is 428. The van der Waals surface area contributed by atoms with Crippen molar-refractivity contribution >= 4 is 11.7 Å². The molecule has 2 N–H and O–H groups in total. The Morgan fingerprint density at radius 3 is 3.06 bits per heavy atom. The summed E-state index contributed by atoms with van der Waals surface area (Å²) in [6.45, 7) is 2.06. The number of benzene rings is 1. The Labute approximate surface area is 93.4 Å². The summed E-state index contributed by atoms with van der Waals surface area (Å²) in [4.78, 5) is 0. The first-order chi connectivity index (χ1) is 7.79. The lowest BCUT2D eigenvalue weighted by atomic mass is 10.1. The summed E-state index contributed by atoms with van der Waals surface area (Å²) in [7, 11) is 0. The predicted molar refractivity (Wildman–Crippen MR) is 60.8 cm³/mol. The number of hydrazine groups is 2. The summed E-state index contributed by atoms with van der Waals surface area (Å²) in [6, 6.07) is 7.78. The maximum atomic E-state index is 12.8. The van der Waals surface area contributed by atoms with Crippen LogP contribution in [0.25, 0.3) is 0 Å². The monoisotopic (exact) mass is 219 g/mol. The number of nitrogens with one attached hydrogen (secondary N) is 2. The number of rotatable bonds is 3. The van der Waals surface area contributed by atoms with Crippen molar-refractivity contribution in [1.29, 1.82) is 0 Å². The smallest absolute Gasteiger partial charge is 0.237 e. The third-order valence-corrected chi connectivity index (χ3v) is 2.18. The molecule has 0 saturated heterocycles. The number of hydrazone groups is 1. The topological polar surface area (TPSA) is 39.7 Å². The Morgan fingerprint density at radius 1 is 1.50 bits per heavy atom. The molecular formula is C11H12FN4. The quantitative estimate of drug-likeness (QED) is 0.816. The highest BCUT2D eigenvalue weighted by molar-refractivity contribution is 5.86. The Morgan fingerprint density at radius 2 is 2.31 bits per heavy atom. The van der Waals surface area contributed by atoms with Crippen molar-refractivity contribution in [2.45, 2.75) is 13.3 Å². The van der Waals surface area contributed by atoms with Crippen molar-refractivity contribution in [2.24, 2.45) is 5.10 Å². The zero-order valence-corrected chi connectivity index (χ0v) is 8.87. The Hall–Kier alpha value is -2.04. The molecule has 0 saturated carbocycles. The maximum absolute atomic E-state index is 12.8. The second kappa shape index (κ2) is 4.65. The van der Waals surface area contributed by atoms with Crippen LogP contribution >= 0.6 is 0 Å². The van der Waals surface area contributed by atoms with Gasteiger partial charge < -0.3 is 0 Å². The number of hydrogen-bond acceptors (Lipinski definition) is 4. The number of halogens is 1. The van der Waals surface area contributed by atoms with Gasteiger partial charge in [0.05, 0.1) is 11.9 Å². The predicted octanol–water partition coefficient (Wildman–Crippen LogP) is 2.00. The molecule has 4 nitrogen and oxygen atoms in total. The van der Waals surface area contributed by atoms with Crippen molar-refractivity contribution in [2.75, 3.05) is 5.43 Å². The zero-order valence-electron chi connectivity index (χ0n) is 8.87. The molecule has 2 rings (SSSR count). The second-order valence-corrected chi connectivity index (χ2v) is 3.26. The van der Waals surface area contributed by atoms with Crippen LogP contribution in [0.2, 0.25) is 0 Å². The van der Waals surface area contributed by atoms with E-state index >= 15 is 0 Å². The summed E-state index contributed by atoms with van der Waals surface area (Å²) >= 11 is 0. The van der Waals surface area contributed by atoms with Gasteiger partial charge in [0.15, 0.2) is 0 Å². The first-order valence-corrected chi connectivity index (χ1v) is 5.03. The largest absolute Gasteiger partial charge is 0.263 e. The van der Waals surface area contributed by atoms with Gasteiger partial charge in [-0.25, -0.2) is 0 Å². The molecule has 0 amide bonds. The summed E-state index contributed by atoms with van der Waals surface area (Å²) in [5.74, 6) is -0.597. The highest BCUT2D eigenvalue weighted by Gasteiger charge is 2.07. The van der Waals surface area contributed by atoms with Crippen LogP contribution in [0.5, 0.6) is 0 Å². The van der Waals surface area contributed by atoms with E-state index in [1.165, 1.54) is 5.23 Å². The number of nitrogens with zero attached hydrogens (tertiary/aromatic N) is 2. The van der Waals surface area contributed by atoms with Crippen molar-refractivity contribution in [3.63, 3.8) is 0 Å². The minimum absolute atomic E-state index is 0.597. The molecule has 16 heavy (non-hydrogen) atoms. The summed E-state index contributed by atoms with van der Waals surface area (Å²) in [5.41, 5.74) is 7.60. The number of allylic oxidation sites excluding steroid dienone is 1. The average Bonchev–Trinajstić information content (AvgIpc) is 2.30. The first kappa shape index (κ1) is 10.5. The van der Waals surface area contributed by atoms with Crippen LogP contribution < -0.4 is 10.9 Å².